The first-order valence-corrected chi connectivity index (χ1v) is 7.05. The Bertz CT molecular complexity index is 567. The van der Waals surface area contributed by atoms with Crippen molar-refractivity contribution < 1.29 is 4.74 Å². The SMILES string of the molecule is CCCNCc1cc(OC)ccc1-c1ccnc(C)c1. The predicted octanol–water partition coefficient (Wildman–Crippen LogP) is 3.57. The van der Waals surface area contributed by atoms with E-state index < -0.39 is 0 Å². The van der Waals surface area contributed by atoms with Gasteiger partial charge in [-0.3, -0.25) is 4.98 Å². The lowest BCUT2D eigenvalue weighted by atomic mass is 9.99. The summed E-state index contributed by atoms with van der Waals surface area (Å²) in [7, 11) is 1.70. The average molecular weight is 270 g/mol. The second-order valence-electron chi connectivity index (χ2n) is 4.89. The van der Waals surface area contributed by atoms with E-state index in [0.29, 0.717) is 0 Å². The highest BCUT2D eigenvalue weighted by Crippen LogP contribution is 2.27. The first kappa shape index (κ1) is 14.5. The number of ether oxygens (including phenoxy) is 1. The summed E-state index contributed by atoms with van der Waals surface area (Å²) in [6.45, 7) is 6.06. The smallest absolute Gasteiger partial charge is 0.119 e. The number of benzene rings is 1. The van der Waals surface area contributed by atoms with E-state index in [1.807, 2.05) is 19.2 Å². The van der Waals surface area contributed by atoms with Crippen molar-refractivity contribution in [3.63, 3.8) is 0 Å². The van der Waals surface area contributed by atoms with E-state index in [0.717, 1.165) is 31.0 Å². The zero-order chi connectivity index (χ0) is 14.4. The molecule has 3 nitrogen and oxygen atoms in total. The largest absolute Gasteiger partial charge is 0.497 e. The lowest BCUT2D eigenvalue weighted by Crippen LogP contribution is -2.14. The van der Waals surface area contributed by atoms with Gasteiger partial charge in [0.2, 0.25) is 0 Å². The summed E-state index contributed by atoms with van der Waals surface area (Å²) in [5.41, 5.74) is 4.72. The molecule has 0 unspecified atom stereocenters. The molecule has 0 bridgehead atoms. The summed E-state index contributed by atoms with van der Waals surface area (Å²) >= 11 is 0. The van der Waals surface area contributed by atoms with Crippen molar-refractivity contribution >= 4 is 0 Å². The molecule has 0 spiro atoms. The number of aromatic nitrogens is 1. The first-order chi connectivity index (χ1) is 9.74. The topological polar surface area (TPSA) is 34.1 Å². The van der Waals surface area contributed by atoms with E-state index in [1.54, 1.807) is 7.11 Å². The van der Waals surface area contributed by atoms with Crippen LogP contribution in [0, 0.1) is 6.92 Å². The molecular formula is C17H22N2O. The Balaban J connectivity index is 2.35. The number of hydrogen-bond acceptors (Lipinski definition) is 3. The van der Waals surface area contributed by atoms with Crippen molar-refractivity contribution in [3.05, 3.63) is 47.8 Å². The third-order valence-electron chi connectivity index (χ3n) is 3.26. The van der Waals surface area contributed by atoms with E-state index >= 15 is 0 Å². The molecule has 1 aromatic heterocycles. The van der Waals surface area contributed by atoms with Crippen LogP contribution in [0.5, 0.6) is 5.75 Å². The van der Waals surface area contributed by atoms with Gasteiger partial charge in [-0.05, 0) is 60.8 Å². The normalized spacial score (nSPS) is 10.6. The maximum absolute atomic E-state index is 5.34. The quantitative estimate of drug-likeness (QED) is 0.815. The maximum Gasteiger partial charge on any atom is 0.119 e. The zero-order valence-corrected chi connectivity index (χ0v) is 12.4. The van der Waals surface area contributed by atoms with Crippen molar-refractivity contribution in [1.82, 2.24) is 10.3 Å². The molecule has 1 heterocycles. The molecule has 0 saturated carbocycles. The van der Waals surface area contributed by atoms with E-state index in [9.17, 15) is 0 Å². The number of pyridine rings is 1. The summed E-state index contributed by atoms with van der Waals surface area (Å²) in [6.07, 6.45) is 2.99. The summed E-state index contributed by atoms with van der Waals surface area (Å²) in [5.74, 6) is 0.896. The standard InChI is InChI=1S/C17H22N2O/c1-4-8-18-12-15-11-16(20-3)5-6-17(15)14-7-9-19-13(2)10-14/h5-7,9-11,18H,4,8,12H2,1-3H3. The molecule has 3 heteroatoms. The molecule has 0 aliphatic heterocycles. The molecule has 20 heavy (non-hydrogen) atoms. The van der Waals surface area contributed by atoms with Crippen LogP contribution in [0.25, 0.3) is 11.1 Å². The van der Waals surface area contributed by atoms with Crippen LogP contribution in [-0.4, -0.2) is 18.6 Å². The average Bonchev–Trinajstić information content (AvgIpc) is 2.47. The molecular weight excluding hydrogens is 248 g/mol. The second kappa shape index (κ2) is 7.06. The minimum Gasteiger partial charge on any atom is -0.497 e. The first-order valence-electron chi connectivity index (χ1n) is 7.05. The van der Waals surface area contributed by atoms with Crippen LogP contribution in [-0.2, 0) is 6.54 Å². The highest BCUT2D eigenvalue weighted by molar-refractivity contribution is 5.68. The van der Waals surface area contributed by atoms with Gasteiger partial charge in [0.05, 0.1) is 7.11 Å². The number of nitrogens with zero attached hydrogens (tertiary/aromatic N) is 1. The molecule has 106 valence electrons. The summed E-state index contributed by atoms with van der Waals surface area (Å²) in [5, 5.41) is 3.46. The second-order valence-corrected chi connectivity index (χ2v) is 4.89. The Morgan fingerprint density at radius 1 is 1.20 bits per heavy atom. The van der Waals surface area contributed by atoms with Gasteiger partial charge in [-0.25, -0.2) is 0 Å². The van der Waals surface area contributed by atoms with Gasteiger partial charge in [0.1, 0.15) is 5.75 Å². The molecule has 0 saturated heterocycles. The number of hydrogen-bond donors (Lipinski definition) is 1. The fourth-order valence-corrected chi connectivity index (χ4v) is 2.24. The zero-order valence-electron chi connectivity index (χ0n) is 12.4. The van der Waals surface area contributed by atoms with Gasteiger partial charge in [0.25, 0.3) is 0 Å². The lowest BCUT2D eigenvalue weighted by molar-refractivity contribution is 0.414. The molecule has 2 rings (SSSR count). The van der Waals surface area contributed by atoms with Crippen molar-refractivity contribution in [2.75, 3.05) is 13.7 Å². The Labute approximate surface area is 121 Å². The molecule has 0 aliphatic carbocycles. The van der Waals surface area contributed by atoms with Gasteiger partial charge in [0.15, 0.2) is 0 Å². The maximum atomic E-state index is 5.34. The van der Waals surface area contributed by atoms with E-state index in [4.69, 9.17) is 4.74 Å². The van der Waals surface area contributed by atoms with Crippen LogP contribution in [0.1, 0.15) is 24.6 Å². The van der Waals surface area contributed by atoms with E-state index in [-0.39, 0.29) is 0 Å². The fourth-order valence-electron chi connectivity index (χ4n) is 2.24. The molecule has 0 radical (unpaired) electrons. The molecule has 0 amide bonds. The Kier molecular flexibility index (Phi) is 5.13. The Hall–Kier alpha value is -1.87. The number of methoxy groups -OCH3 is 1. The Morgan fingerprint density at radius 2 is 2.05 bits per heavy atom. The van der Waals surface area contributed by atoms with Crippen LogP contribution in [0.2, 0.25) is 0 Å². The predicted molar refractivity (Wildman–Crippen MR) is 83.0 cm³/mol. The number of rotatable bonds is 6. The van der Waals surface area contributed by atoms with Gasteiger partial charge in [-0.2, -0.15) is 0 Å². The molecule has 1 N–H and O–H groups in total. The van der Waals surface area contributed by atoms with Crippen LogP contribution < -0.4 is 10.1 Å². The lowest BCUT2D eigenvalue weighted by Gasteiger charge is -2.13. The van der Waals surface area contributed by atoms with Gasteiger partial charge in [-0.15, -0.1) is 0 Å². The van der Waals surface area contributed by atoms with Crippen molar-refractivity contribution in [3.8, 4) is 16.9 Å². The molecule has 2 aromatic rings. The van der Waals surface area contributed by atoms with Gasteiger partial charge < -0.3 is 10.1 Å². The summed E-state index contributed by atoms with van der Waals surface area (Å²) < 4.78 is 5.34. The third-order valence-corrected chi connectivity index (χ3v) is 3.26. The van der Waals surface area contributed by atoms with Crippen LogP contribution in [0.3, 0.4) is 0 Å². The molecule has 0 atom stereocenters. The molecule has 0 aliphatic rings. The van der Waals surface area contributed by atoms with Crippen LogP contribution in [0.4, 0.5) is 0 Å². The number of aryl methyl sites for hydroxylation is 1. The Morgan fingerprint density at radius 3 is 2.75 bits per heavy atom. The van der Waals surface area contributed by atoms with Crippen molar-refractivity contribution in [2.45, 2.75) is 26.8 Å². The number of nitrogens with one attached hydrogen (secondary N) is 1. The van der Waals surface area contributed by atoms with Gasteiger partial charge in [-0.1, -0.05) is 13.0 Å². The minimum atomic E-state index is 0.849. The fraction of sp³-hybridized carbons (Fsp3) is 0.353. The van der Waals surface area contributed by atoms with E-state index in [1.165, 1.54) is 16.7 Å². The third kappa shape index (κ3) is 3.58. The molecule has 1 aromatic carbocycles. The molecule has 0 fully saturated rings. The highest BCUT2D eigenvalue weighted by atomic mass is 16.5. The van der Waals surface area contributed by atoms with Gasteiger partial charge >= 0.3 is 0 Å². The van der Waals surface area contributed by atoms with Crippen molar-refractivity contribution in [1.29, 1.82) is 0 Å². The minimum absolute atomic E-state index is 0.849. The highest BCUT2D eigenvalue weighted by Gasteiger charge is 2.07. The van der Waals surface area contributed by atoms with Crippen LogP contribution >= 0.6 is 0 Å². The van der Waals surface area contributed by atoms with Crippen LogP contribution in [0.15, 0.2) is 36.5 Å². The van der Waals surface area contributed by atoms with E-state index in [2.05, 4.69) is 41.5 Å². The monoisotopic (exact) mass is 270 g/mol. The van der Waals surface area contributed by atoms with Crippen molar-refractivity contribution in [2.24, 2.45) is 0 Å². The summed E-state index contributed by atoms with van der Waals surface area (Å²) in [6, 6.07) is 10.4. The van der Waals surface area contributed by atoms with Gasteiger partial charge in [0, 0.05) is 18.4 Å². The summed E-state index contributed by atoms with van der Waals surface area (Å²) in [4.78, 5) is 4.26.